The van der Waals surface area contributed by atoms with Crippen LogP contribution >= 0.6 is 0 Å². The molecule has 0 amide bonds. The zero-order chi connectivity index (χ0) is 9.10. The van der Waals surface area contributed by atoms with E-state index in [1.165, 1.54) is 6.26 Å². The van der Waals surface area contributed by atoms with E-state index in [0.717, 1.165) is 5.69 Å². The van der Waals surface area contributed by atoms with Gasteiger partial charge < -0.3 is 19.7 Å². The molecule has 0 bridgehead atoms. The Morgan fingerprint density at radius 1 is 1.62 bits per heavy atom. The molecule has 5 nitrogen and oxygen atoms in total. The van der Waals surface area contributed by atoms with Crippen LogP contribution in [0.2, 0.25) is 0 Å². The first-order valence-electron chi connectivity index (χ1n) is 4.25. The fourth-order valence-corrected chi connectivity index (χ4v) is 1.30. The Bertz CT molecular complexity index is 250. The second-order valence-corrected chi connectivity index (χ2v) is 3.08. The molecule has 2 heterocycles. The van der Waals surface area contributed by atoms with Gasteiger partial charge in [-0.25, -0.2) is 0 Å². The van der Waals surface area contributed by atoms with Crippen LogP contribution in [-0.2, 0) is 11.3 Å². The maximum atomic E-state index is 9.39. The largest absolute Gasteiger partial charge is 0.389 e. The quantitative estimate of drug-likeness (QED) is 0.664. The molecule has 72 valence electrons. The van der Waals surface area contributed by atoms with Crippen molar-refractivity contribution in [3.8, 4) is 0 Å². The van der Waals surface area contributed by atoms with Crippen LogP contribution in [0, 0.1) is 0 Å². The summed E-state index contributed by atoms with van der Waals surface area (Å²) >= 11 is 0. The Kier molecular flexibility index (Phi) is 2.58. The number of nitrogens with one attached hydrogen (secondary N) is 1. The third kappa shape index (κ3) is 2.06. The standard InChI is InChI=1S/C8H12N2O3/c11-8-5-12-4-7(8)9-3-6-1-2-13-10-6/h1-2,7-9,11H,3-5H2. The summed E-state index contributed by atoms with van der Waals surface area (Å²) in [6.45, 7) is 1.57. The third-order valence-corrected chi connectivity index (χ3v) is 2.09. The van der Waals surface area contributed by atoms with E-state index in [9.17, 15) is 5.11 Å². The average molecular weight is 184 g/mol. The summed E-state index contributed by atoms with van der Waals surface area (Å²) in [6.07, 6.45) is 1.12. The molecule has 1 aromatic rings. The molecular formula is C8H12N2O3. The first-order valence-corrected chi connectivity index (χ1v) is 4.25. The van der Waals surface area contributed by atoms with Crippen LogP contribution in [0.1, 0.15) is 5.69 Å². The lowest BCUT2D eigenvalue weighted by Gasteiger charge is -2.12. The monoisotopic (exact) mass is 184 g/mol. The summed E-state index contributed by atoms with van der Waals surface area (Å²) in [4.78, 5) is 0. The van der Waals surface area contributed by atoms with Gasteiger partial charge in [0.1, 0.15) is 6.26 Å². The number of aliphatic hydroxyl groups excluding tert-OH is 1. The van der Waals surface area contributed by atoms with Gasteiger partial charge in [0.25, 0.3) is 0 Å². The fourth-order valence-electron chi connectivity index (χ4n) is 1.30. The molecule has 13 heavy (non-hydrogen) atoms. The Morgan fingerprint density at radius 2 is 2.54 bits per heavy atom. The van der Waals surface area contributed by atoms with Crippen LogP contribution in [0.4, 0.5) is 0 Å². The molecular weight excluding hydrogens is 172 g/mol. The molecule has 0 radical (unpaired) electrons. The summed E-state index contributed by atoms with van der Waals surface area (Å²) in [7, 11) is 0. The number of aliphatic hydroxyl groups is 1. The number of rotatable bonds is 3. The molecule has 0 spiro atoms. The van der Waals surface area contributed by atoms with Crippen LogP contribution in [-0.4, -0.2) is 35.6 Å². The summed E-state index contributed by atoms with van der Waals surface area (Å²) in [6, 6.07) is 1.80. The zero-order valence-corrected chi connectivity index (χ0v) is 7.14. The molecule has 1 saturated heterocycles. The second kappa shape index (κ2) is 3.87. The van der Waals surface area contributed by atoms with Gasteiger partial charge in [-0.2, -0.15) is 0 Å². The summed E-state index contributed by atoms with van der Waals surface area (Å²) in [5, 5.41) is 16.3. The van der Waals surface area contributed by atoms with Crippen molar-refractivity contribution < 1.29 is 14.4 Å². The molecule has 1 aromatic heterocycles. The highest BCUT2D eigenvalue weighted by Crippen LogP contribution is 2.05. The number of aromatic nitrogens is 1. The fraction of sp³-hybridized carbons (Fsp3) is 0.625. The van der Waals surface area contributed by atoms with Crippen molar-refractivity contribution in [1.29, 1.82) is 0 Å². The lowest BCUT2D eigenvalue weighted by atomic mass is 10.2. The van der Waals surface area contributed by atoms with Gasteiger partial charge in [0.15, 0.2) is 0 Å². The molecule has 2 atom stereocenters. The molecule has 2 N–H and O–H groups in total. The van der Waals surface area contributed by atoms with Crippen molar-refractivity contribution in [2.24, 2.45) is 0 Å². The van der Waals surface area contributed by atoms with Crippen molar-refractivity contribution in [3.63, 3.8) is 0 Å². The maximum Gasteiger partial charge on any atom is 0.124 e. The van der Waals surface area contributed by atoms with Gasteiger partial charge in [-0.05, 0) is 0 Å². The molecule has 0 aliphatic carbocycles. The summed E-state index contributed by atoms with van der Waals surface area (Å²) in [5.74, 6) is 0. The van der Waals surface area contributed by atoms with Gasteiger partial charge in [-0.1, -0.05) is 5.16 Å². The topological polar surface area (TPSA) is 67.5 Å². The Labute approximate surface area is 75.7 Å². The molecule has 0 aromatic carbocycles. The van der Waals surface area contributed by atoms with E-state index in [1.807, 2.05) is 0 Å². The minimum absolute atomic E-state index is 0.0108. The van der Waals surface area contributed by atoms with Crippen molar-refractivity contribution in [2.75, 3.05) is 13.2 Å². The van der Waals surface area contributed by atoms with Crippen LogP contribution < -0.4 is 5.32 Å². The van der Waals surface area contributed by atoms with Crippen LogP contribution in [0.15, 0.2) is 16.9 Å². The molecule has 2 rings (SSSR count). The first-order chi connectivity index (χ1) is 6.36. The van der Waals surface area contributed by atoms with E-state index in [1.54, 1.807) is 6.07 Å². The van der Waals surface area contributed by atoms with Gasteiger partial charge in [-0.15, -0.1) is 0 Å². The van der Waals surface area contributed by atoms with Crippen molar-refractivity contribution in [1.82, 2.24) is 10.5 Å². The van der Waals surface area contributed by atoms with E-state index in [-0.39, 0.29) is 6.04 Å². The summed E-state index contributed by atoms with van der Waals surface area (Å²) < 4.78 is 9.76. The molecule has 5 heteroatoms. The van der Waals surface area contributed by atoms with Crippen LogP contribution in [0.5, 0.6) is 0 Å². The van der Waals surface area contributed by atoms with Gasteiger partial charge in [0.05, 0.1) is 31.1 Å². The zero-order valence-electron chi connectivity index (χ0n) is 7.14. The van der Waals surface area contributed by atoms with E-state index in [0.29, 0.717) is 19.8 Å². The van der Waals surface area contributed by atoms with Crippen LogP contribution in [0.25, 0.3) is 0 Å². The Balaban J connectivity index is 1.79. The highest BCUT2D eigenvalue weighted by molar-refractivity contribution is 4.95. The normalized spacial score (nSPS) is 28.1. The van der Waals surface area contributed by atoms with E-state index < -0.39 is 6.10 Å². The van der Waals surface area contributed by atoms with Crippen molar-refractivity contribution >= 4 is 0 Å². The van der Waals surface area contributed by atoms with Crippen LogP contribution in [0.3, 0.4) is 0 Å². The summed E-state index contributed by atoms with van der Waals surface area (Å²) in [5.41, 5.74) is 0.833. The average Bonchev–Trinajstić information content (AvgIpc) is 2.72. The molecule has 1 fully saturated rings. The maximum absolute atomic E-state index is 9.39. The highest BCUT2D eigenvalue weighted by Gasteiger charge is 2.25. The van der Waals surface area contributed by atoms with Crippen molar-refractivity contribution in [3.05, 3.63) is 18.0 Å². The lowest BCUT2D eigenvalue weighted by Crippen LogP contribution is -2.38. The highest BCUT2D eigenvalue weighted by atomic mass is 16.5. The Hall–Kier alpha value is -0.910. The minimum atomic E-state index is -0.410. The van der Waals surface area contributed by atoms with Gasteiger partial charge in [0, 0.05) is 12.6 Å². The number of nitrogens with zero attached hydrogens (tertiary/aromatic N) is 1. The van der Waals surface area contributed by atoms with Gasteiger partial charge >= 0.3 is 0 Å². The van der Waals surface area contributed by atoms with Gasteiger partial charge in [-0.3, -0.25) is 0 Å². The first kappa shape index (κ1) is 8.68. The SMILES string of the molecule is OC1COCC1NCc1ccon1. The number of ether oxygens (including phenoxy) is 1. The number of hydrogen-bond donors (Lipinski definition) is 2. The molecule has 1 aliphatic heterocycles. The molecule has 2 unspecified atom stereocenters. The smallest absolute Gasteiger partial charge is 0.124 e. The van der Waals surface area contributed by atoms with E-state index >= 15 is 0 Å². The third-order valence-electron chi connectivity index (χ3n) is 2.09. The minimum Gasteiger partial charge on any atom is -0.389 e. The van der Waals surface area contributed by atoms with Gasteiger partial charge in [0.2, 0.25) is 0 Å². The lowest BCUT2D eigenvalue weighted by molar-refractivity contribution is 0.122. The number of hydrogen-bond acceptors (Lipinski definition) is 5. The van der Waals surface area contributed by atoms with E-state index in [4.69, 9.17) is 4.74 Å². The molecule has 1 aliphatic rings. The Morgan fingerprint density at radius 3 is 3.15 bits per heavy atom. The second-order valence-electron chi connectivity index (χ2n) is 3.08. The predicted molar refractivity (Wildman–Crippen MR) is 44.0 cm³/mol. The van der Waals surface area contributed by atoms with E-state index in [2.05, 4.69) is 15.0 Å². The van der Waals surface area contributed by atoms with Crippen molar-refractivity contribution in [2.45, 2.75) is 18.7 Å². The predicted octanol–water partition coefficient (Wildman–Crippen LogP) is -0.476. The molecule has 0 saturated carbocycles.